The summed E-state index contributed by atoms with van der Waals surface area (Å²) in [6.45, 7) is 6.98. The van der Waals surface area contributed by atoms with Gasteiger partial charge in [0.15, 0.2) is 0 Å². The van der Waals surface area contributed by atoms with Crippen molar-refractivity contribution in [2.45, 2.75) is 51.8 Å². The second-order valence-corrected chi connectivity index (χ2v) is 8.55. The van der Waals surface area contributed by atoms with Crippen molar-refractivity contribution in [3.05, 3.63) is 58.3 Å². The molecule has 0 bridgehead atoms. The van der Waals surface area contributed by atoms with Gasteiger partial charge in [0.1, 0.15) is 11.3 Å². The molecule has 2 heterocycles. The van der Waals surface area contributed by atoms with Gasteiger partial charge in [-0.05, 0) is 45.2 Å². The minimum atomic E-state index is -0.582. The minimum Gasteiger partial charge on any atom is -0.444 e. The van der Waals surface area contributed by atoms with E-state index in [9.17, 15) is 14.9 Å². The molecule has 2 aromatic rings. The molecule has 3 rings (SSSR count). The normalized spacial score (nSPS) is 16.5. The van der Waals surface area contributed by atoms with Gasteiger partial charge in [0.25, 0.3) is 0 Å². The number of pyridine rings is 1. The Hall–Kier alpha value is -3.36. The van der Waals surface area contributed by atoms with E-state index in [1.54, 1.807) is 12.3 Å². The van der Waals surface area contributed by atoms with E-state index < -0.39 is 16.6 Å². The maximum atomic E-state index is 12.1. The van der Waals surface area contributed by atoms with E-state index in [4.69, 9.17) is 4.74 Å². The lowest BCUT2D eigenvalue weighted by Gasteiger charge is -2.34. The van der Waals surface area contributed by atoms with Crippen LogP contribution in [0.3, 0.4) is 0 Å². The van der Waals surface area contributed by atoms with E-state index in [0.29, 0.717) is 25.3 Å². The third kappa shape index (κ3) is 6.31. The lowest BCUT2D eigenvalue weighted by Crippen LogP contribution is -2.49. The van der Waals surface area contributed by atoms with Crippen LogP contribution in [0.5, 0.6) is 0 Å². The van der Waals surface area contributed by atoms with Crippen molar-refractivity contribution >= 4 is 23.3 Å². The van der Waals surface area contributed by atoms with Crippen molar-refractivity contribution in [2.24, 2.45) is 0 Å². The van der Waals surface area contributed by atoms with Crippen molar-refractivity contribution in [3.63, 3.8) is 0 Å². The van der Waals surface area contributed by atoms with Crippen molar-refractivity contribution in [1.29, 1.82) is 0 Å². The second kappa shape index (κ2) is 9.63. The van der Waals surface area contributed by atoms with E-state index in [-0.39, 0.29) is 17.5 Å². The summed E-state index contributed by atoms with van der Waals surface area (Å²) in [6.07, 6.45) is 2.68. The van der Waals surface area contributed by atoms with Crippen LogP contribution < -0.4 is 15.5 Å². The number of piperidine rings is 1. The zero-order valence-corrected chi connectivity index (χ0v) is 18.1. The van der Waals surface area contributed by atoms with E-state index >= 15 is 0 Å². The van der Waals surface area contributed by atoms with Crippen LogP contribution in [0.4, 0.5) is 22.0 Å². The Kier molecular flexibility index (Phi) is 6.94. The summed E-state index contributed by atoms with van der Waals surface area (Å²) in [7, 11) is 0. The molecule has 9 heteroatoms. The first-order chi connectivity index (χ1) is 14.7. The monoisotopic (exact) mass is 427 g/mol. The number of benzene rings is 1. The number of nitrogens with one attached hydrogen (secondary N) is 2. The molecule has 1 aliphatic heterocycles. The molecule has 0 radical (unpaired) electrons. The van der Waals surface area contributed by atoms with Gasteiger partial charge in [-0.15, -0.1) is 0 Å². The number of alkyl carbamates (subject to hydrolysis) is 1. The van der Waals surface area contributed by atoms with Gasteiger partial charge in [-0.25, -0.2) is 9.78 Å². The average molecular weight is 428 g/mol. The zero-order valence-electron chi connectivity index (χ0n) is 18.1. The minimum absolute atomic E-state index is 0.0589. The molecule has 0 saturated carbocycles. The molecule has 1 amide bonds. The lowest BCUT2D eigenvalue weighted by molar-refractivity contribution is -0.383. The molecule has 1 saturated heterocycles. The van der Waals surface area contributed by atoms with Crippen LogP contribution in [0.25, 0.3) is 0 Å². The predicted octanol–water partition coefficient (Wildman–Crippen LogP) is 4.10. The highest BCUT2D eigenvalue weighted by molar-refractivity contribution is 5.74. The van der Waals surface area contributed by atoms with Crippen LogP contribution in [0.1, 0.15) is 39.2 Å². The number of anilines is 2. The van der Waals surface area contributed by atoms with Crippen LogP contribution in [0, 0.1) is 10.1 Å². The van der Waals surface area contributed by atoms with Gasteiger partial charge < -0.3 is 20.3 Å². The summed E-state index contributed by atoms with van der Waals surface area (Å²) in [6, 6.07) is 11.1. The standard InChI is InChI=1S/C22H29N5O4/c1-22(2,3)31-21(28)25-17-10-7-13-26(15-17)18-11-12-23-20(19(18)27(29)30)24-14-16-8-5-4-6-9-16/h4-6,8-9,11-12,17H,7,10,13-15H2,1-3H3,(H,23,24)(H,25,28)/t17-/m1/s1. The summed E-state index contributed by atoms with van der Waals surface area (Å²) in [5.74, 6) is 0.230. The van der Waals surface area contributed by atoms with Gasteiger partial charge in [-0.1, -0.05) is 30.3 Å². The smallest absolute Gasteiger partial charge is 0.407 e. The Labute approximate surface area is 182 Å². The second-order valence-electron chi connectivity index (χ2n) is 8.55. The van der Waals surface area contributed by atoms with Crippen LogP contribution in [-0.4, -0.2) is 40.7 Å². The van der Waals surface area contributed by atoms with Crippen LogP contribution >= 0.6 is 0 Å². The Morgan fingerprint density at radius 1 is 1.29 bits per heavy atom. The molecule has 166 valence electrons. The van der Waals surface area contributed by atoms with Gasteiger partial charge in [-0.3, -0.25) is 10.1 Å². The summed E-state index contributed by atoms with van der Waals surface area (Å²) in [4.78, 5) is 29.8. The number of amides is 1. The van der Waals surface area contributed by atoms with E-state index in [0.717, 1.165) is 18.4 Å². The highest BCUT2D eigenvalue weighted by Gasteiger charge is 2.30. The third-order valence-electron chi connectivity index (χ3n) is 4.87. The Bertz CT molecular complexity index is 914. The number of nitro groups is 1. The molecule has 1 aliphatic rings. The number of carbonyl (C=O) groups is 1. The number of ether oxygens (including phenoxy) is 1. The van der Waals surface area contributed by atoms with Crippen LogP contribution in [0.15, 0.2) is 42.6 Å². The number of hydrogen-bond donors (Lipinski definition) is 2. The molecule has 1 aromatic heterocycles. The Balaban J connectivity index is 1.75. The summed E-state index contributed by atoms with van der Waals surface area (Å²) >= 11 is 0. The molecule has 0 spiro atoms. The number of hydrogen-bond acceptors (Lipinski definition) is 7. The first-order valence-corrected chi connectivity index (χ1v) is 10.4. The quantitative estimate of drug-likeness (QED) is 0.528. The van der Waals surface area contributed by atoms with Gasteiger partial charge in [0, 0.05) is 31.9 Å². The molecular weight excluding hydrogens is 398 g/mol. The average Bonchev–Trinajstić information content (AvgIpc) is 2.71. The molecule has 9 nitrogen and oxygen atoms in total. The van der Waals surface area contributed by atoms with E-state index in [2.05, 4.69) is 15.6 Å². The van der Waals surface area contributed by atoms with Gasteiger partial charge in [0.2, 0.25) is 5.82 Å². The van der Waals surface area contributed by atoms with Crippen molar-refractivity contribution in [1.82, 2.24) is 10.3 Å². The maximum Gasteiger partial charge on any atom is 0.407 e. The molecule has 0 aliphatic carbocycles. The molecule has 2 N–H and O–H groups in total. The van der Waals surface area contributed by atoms with Crippen molar-refractivity contribution in [2.75, 3.05) is 23.3 Å². The molecule has 0 unspecified atom stereocenters. The maximum absolute atomic E-state index is 12.1. The summed E-state index contributed by atoms with van der Waals surface area (Å²) < 4.78 is 5.34. The highest BCUT2D eigenvalue weighted by atomic mass is 16.6. The van der Waals surface area contributed by atoms with Crippen LogP contribution in [0.2, 0.25) is 0 Å². The number of nitrogens with zero attached hydrogens (tertiary/aromatic N) is 3. The molecule has 1 atom stereocenters. The lowest BCUT2D eigenvalue weighted by atomic mass is 10.0. The first kappa shape index (κ1) is 22.3. The van der Waals surface area contributed by atoms with Gasteiger partial charge >= 0.3 is 11.8 Å². The number of carbonyl (C=O) groups excluding carboxylic acids is 1. The third-order valence-corrected chi connectivity index (χ3v) is 4.87. The fourth-order valence-corrected chi connectivity index (χ4v) is 3.58. The van der Waals surface area contributed by atoms with Crippen molar-refractivity contribution < 1.29 is 14.5 Å². The number of rotatable bonds is 6. The number of aromatic nitrogens is 1. The van der Waals surface area contributed by atoms with Crippen molar-refractivity contribution in [3.8, 4) is 0 Å². The largest absolute Gasteiger partial charge is 0.444 e. The Morgan fingerprint density at radius 2 is 2.03 bits per heavy atom. The molecular formula is C22H29N5O4. The van der Waals surface area contributed by atoms with Gasteiger partial charge in [-0.2, -0.15) is 0 Å². The molecule has 1 aromatic carbocycles. The fourth-order valence-electron chi connectivity index (χ4n) is 3.58. The molecule has 1 fully saturated rings. The first-order valence-electron chi connectivity index (χ1n) is 10.4. The fraction of sp³-hybridized carbons (Fsp3) is 0.455. The highest BCUT2D eigenvalue weighted by Crippen LogP contribution is 2.35. The van der Waals surface area contributed by atoms with E-state index in [1.807, 2.05) is 56.0 Å². The summed E-state index contributed by atoms with van der Waals surface area (Å²) in [5.41, 5.74) is 0.855. The van der Waals surface area contributed by atoms with Gasteiger partial charge in [0.05, 0.1) is 4.92 Å². The molecule has 31 heavy (non-hydrogen) atoms. The Morgan fingerprint density at radius 3 is 2.71 bits per heavy atom. The SMILES string of the molecule is CC(C)(C)OC(=O)N[C@@H]1CCCN(c2ccnc(NCc3ccccc3)c2[N+](=O)[O-])C1. The summed E-state index contributed by atoms with van der Waals surface area (Å²) in [5, 5.41) is 17.9. The topological polar surface area (TPSA) is 110 Å². The van der Waals surface area contributed by atoms with Crippen LogP contribution in [-0.2, 0) is 11.3 Å². The predicted molar refractivity (Wildman–Crippen MR) is 119 cm³/mol. The van der Waals surface area contributed by atoms with E-state index in [1.165, 1.54) is 0 Å². The zero-order chi connectivity index (χ0) is 22.4.